The van der Waals surface area contributed by atoms with E-state index in [1.165, 1.54) is 6.42 Å². The molecule has 0 bridgehead atoms. The fraction of sp³-hybridized carbons (Fsp3) is 0.500. The Hall–Kier alpha value is -2.63. The van der Waals surface area contributed by atoms with E-state index in [1.807, 2.05) is 36.1 Å². The van der Waals surface area contributed by atoms with E-state index in [-0.39, 0.29) is 36.3 Å². The van der Waals surface area contributed by atoms with Crippen LogP contribution in [0.15, 0.2) is 29.1 Å². The molecule has 4 rings (SSSR count). The van der Waals surface area contributed by atoms with Gasteiger partial charge in [0.1, 0.15) is 0 Å². The Kier molecular flexibility index (Phi) is 5.20. The number of carbonyl (C=O) groups excluding carboxylic acids is 2. The molecule has 2 fully saturated rings. The van der Waals surface area contributed by atoms with Gasteiger partial charge in [0.2, 0.25) is 11.8 Å². The van der Waals surface area contributed by atoms with Gasteiger partial charge in [0.05, 0.1) is 5.92 Å². The number of likely N-dealkylation sites (tertiary alicyclic amines) is 1. The van der Waals surface area contributed by atoms with Crippen LogP contribution in [0.5, 0.6) is 0 Å². The third kappa shape index (κ3) is 3.81. The smallest absolute Gasteiger partial charge is 0.253 e. The number of fused-ring (bicyclic) bond motifs is 1. The van der Waals surface area contributed by atoms with Crippen LogP contribution in [0.2, 0.25) is 0 Å². The van der Waals surface area contributed by atoms with Crippen molar-refractivity contribution in [2.45, 2.75) is 58.0 Å². The molecule has 1 aromatic carbocycles. The SMILES string of the molecule is Cc1ccc2[nH]c(=O)c(CNC(=O)C3CC(=O)N(C4CCCCC4)C3)cc2c1. The second-order valence-corrected chi connectivity index (χ2v) is 8.17. The van der Waals surface area contributed by atoms with Crippen molar-refractivity contribution in [1.29, 1.82) is 0 Å². The van der Waals surface area contributed by atoms with Crippen LogP contribution >= 0.6 is 0 Å². The van der Waals surface area contributed by atoms with Gasteiger partial charge in [0.15, 0.2) is 0 Å². The zero-order valence-electron chi connectivity index (χ0n) is 16.3. The predicted octanol–water partition coefficient (Wildman–Crippen LogP) is 2.63. The van der Waals surface area contributed by atoms with Gasteiger partial charge in [-0.2, -0.15) is 0 Å². The van der Waals surface area contributed by atoms with Gasteiger partial charge in [-0.15, -0.1) is 0 Å². The van der Waals surface area contributed by atoms with Crippen molar-refractivity contribution in [3.63, 3.8) is 0 Å². The fourth-order valence-corrected chi connectivity index (χ4v) is 4.48. The van der Waals surface area contributed by atoms with E-state index in [9.17, 15) is 14.4 Å². The minimum absolute atomic E-state index is 0.0890. The van der Waals surface area contributed by atoms with Crippen LogP contribution in [0.1, 0.15) is 49.7 Å². The molecule has 1 atom stereocenters. The number of rotatable bonds is 4. The van der Waals surface area contributed by atoms with Gasteiger partial charge in [0.25, 0.3) is 5.56 Å². The second kappa shape index (κ2) is 7.78. The number of pyridine rings is 1. The van der Waals surface area contributed by atoms with Gasteiger partial charge in [-0.05, 0) is 43.4 Å². The maximum Gasteiger partial charge on any atom is 0.253 e. The summed E-state index contributed by atoms with van der Waals surface area (Å²) in [5, 5.41) is 3.81. The molecule has 1 saturated heterocycles. The summed E-state index contributed by atoms with van der Waals surface area (Å²) in [7, 11) is 0. The van der Waals surface area contributed by atoms with Crippen molar-refractivity contribution in [3.8, 4) is 0 Å². The average Bonchev–Trinajstić information content (AvgIpc) is 3.09. The summed E-state index contributed by atoms with van der Waals surface area (Å²) in [6, 6.07) is 7.97. The summed E-state index contributed by atoms with van der Waals surface area (Å²) in [5.74, 6) is -0.377. The van der Waals surface area contributed by atoms with Gasteiger partial charge < -0.3 is 15.2 Å². The fourth-order valence-electron chi connectivity index (χ4n) is 4.48. The van der Waals surface area contributed by atoms with E-state index in [0.29, 0.717) is 18.2 Å². The lowest BCUT2D eigenvalue weighted by Gasteiger charge is -2.31. The van der Waals surface area contributed by atoms with Crippen LogP contribution in [0.25, 0.3) is 10.9 Å². The van der Waals surface area contributed by atoms with Crippen LogP contribution in [0.4, 0.5) is 0 Å². The Labute approximate surface area is 164 Å². The molecule has 1 aromatic heterocycles. The van der Waals surface area contributed by atoms with E-state index in [2.05, 4.69) is 10.3 Å². The Morgan fingerprint density at radius 3 is 2.75 bits per heavy atom. The first kappa shape index (κ1) is 18.7. The third-order valence-corrected chi connectivity index (χ3v) is 6.07. The van der Waals surface area contributed by atoms with Crippen molar-refractivity contribution in [3.05, 3.63) is 45.7 Å². The van der Waals surface area contributed by atoms with Crippen molar-refractivity contribution < 1.29 is 9.59 Å². The number of aryl methyl sites for hydroxylation is 1. The molecule has 1 aliphatic carbocycles. The molecule has 1 unspecified atom stereocenters. The molecule has 2 heterocycles. The maximum atomic E-state index is 12.6. The topological polar surface area (TPSA) is 82.3 Å². The van der Waals surface area contributed by atoms with Crippen LogP contribution in [-0.2, 0) is 16.1 Å². The number of hydrogen-bond acceptors (Lipinski definition) is 3. The number of nitrogens with zero attached hydrogens (tertiary/aromatic N) is 1. The zero-order chi connectivity index (χ0) is 19.7. The van der Waals surface area contributed by atoms with E-state index >= 15 is 0 Å². The number of H-pyrrole nitrogens is 1. The van der Waals surface area contributed by atoms with Crippen LogP contribution < -0.4 is 10.9 Å². The highest BCUT2D eigenvalue weighted by Gasteiger charge is 2.38. The number of amides is 2. The van der Waals surface area contributed by atoms with Gasteiger partial charge in [-0.1, -0.05) is 30.9 Å². The van der Waals surface area contributed by atoms with Crippen LogP contribution in [0, 0.1) is 12.8 Å². The number of hydrogen-bond donors (Lipinski definition) is 2. The summed E-state index contributed by atoms with van der Waals surface area (Å²) < 4.78 is 0. The molecule has 6 heteroatoms. The van der Waals surface area contributed by atoms with Crippen LogP contribution in [-0.4, -0.2) is 34.3 Å². The Morgan fingerprint density at radius 2 is 1.96 bits per heavy atom. The highest BCUT2D eigenvalue weighted by Crippen LogP contribution is 2.28. The predicted molar refractivity (Wildman–Crippen MR) is 108 cm³/mol. The summed E-state index contributed by atoms with van der Waals surface area (Å²) in [6.45, 7) is 2.68. The Morgan fingerprint density at radius 1 is 1.18 bits per heavy atom. The summed E-state index contributed by atoms with van der Waals surface area (Å²) in [6.07, 6.45) is 5.93. The Bertz CT molecular complexity index is 959. The minimum Gasteiger partial charge on any atom is -0.352 e. The number of benzene rings is 1. The molecule has 0 radical (unpaired) electrons. The third-order valence-electron chi connectivity index (χ3n) is 6.07. The van der Waals surface area contributed by atoms with Crippen molar-refractivity contribution in [2.24, 2.45) is 5.92 Å². The largest absolute Gasteiger partial charge is 0.352 e. The highest BCUT2D eigenvalue weighted by molar-refractivity contribution is 5.89. The lowest BCUT2D eigenvalue weighted by atomic mass is 9.94. The minimum atomic E-state index is -0.323. The molecule has 2 aliphatic rings. The molecule has 1 aliphatic heterocycles. The standard InChI is InChI=1S/C22H27N3O3/c1-14-7-8-19-15(9-14)10-16(22(28)24-19)12-23-21(27)17-11-20(26)25(13-17)18-5-3-2-4-6-18/h7-10,17-18H,2-6,11-13H2,1H3,(H,23,27)(H,24,28). The molecular formula is C22H27N3O3. The van der Waals surface area contributed by atoms with Gasteiger partial charge in [-0.3, -0.25) is 14.4 Å². The van der Waals surface area contributed by atoms with Crippen molar-refractivity contribution >= 4 is 22.7 Å². The normalized spacial score (nSPS) is 20.7. The quantitative estimate of drug-likeness (QED) is 0.854. The molecule has 148 valence electrons. The van der Waals surface area contributed by atoms with E-state index in [1.54, 1.807) is 0 Å². The van der Waals surface area contributed by atoms with E-state index < -0.39 is 0 Å². The van der Waals surface area contributed by atoms with E-state index in [4.69, 9.17) is 0 Å². The van der Waals surface area contributed by atoms with Gasteiger partial charge in [0, 0.05) is 36.6 Å². The summed E-state index contributed by atoms with van der Waals surface area (Å²) in [4.78, 5) is 42.1. The summed E-state index contributed by atoms with van der Waals surface area (Å²) >= 11 is 0. The number of carbonyl (C=O) groups is 2. The van der Waals surface area contributed by atoms with Gasteiger partial charge in [-0.25, -0.2) is 0 Å². The maximum absolute atomic E-state index is 12.6. The first-order chi connectivity index (χ1) is 13.5. The molecule has 2 amide bonds. The van der Waals surface area contributed by atoms with E-state index in [0.717, 1.165) is 42.1 Å². The Balaban J connectivity index is 1.40. The van der Waals surface area contributed by atoms with Crippen LogP contribution in [0.3, 0.4) is 0 Å². The lowest BCUT2D eigenvalue weighted by Crippen LogP contribution is -2.39. The lowest BCUT2D eigenvalue weighted by molar-refractivity contribution is -0.130. The monoisotopic (exact) mass is 381 g/mol. The first-order valence-corrected chi connectivity index (χ1v) is 10.2. The molecule has 2 N–H and O–H groups in total. The van der Waals surface area contributed by atoms with Gasteiger partial charge >= 0.3 is 0 Å². The molecule has 28 heavy (non-hydrogen) atoms. The second-order valence-electron chi connectivity index (χ2n) is 8.17. The number of nitrogens with one attached hydrogen (secondary N) is 2. The average molecular weight is 381 g/mol. The molecule has 2 aromatic rings. The number of aromatic nitrogens is 1. The molecule has 1 saturated carbocycles. The molecule has 0 spiro atoms. The van der Waals surface area contributed by atoms with Crippen molar-refractivity contribution in [2.75, 3.05) is 6.54 Å². The zero-order valence-corrected chi connectivity index (χ0v) is 16.3. The molecular weight excluding hydrogens is 354 g/mol. The van der Waals surface area contributed by atoms with Crippen molar-refractivity contribution in [1.82, 2.24) is 15.2 Å². The number of aromatic amines is 1. The molecule has 6 nitrogen and oxygen atoms in total. The first-order valence-electron chi connectivity index (χ1n) is 10.2. The highest BCUT2D eigenvalue weighted by atomic mass is 16.2. The summed E-state index contributed by atoms with van der Waals surface area (Å²) in [5.41, 5.74) is 2.24.